The summed E-state index contributed by atoms with van der Waals surface area (Å²) in [5, 5.41) is 8.79. The average molecular weight is 250 g/mol. The zero-order valence-electron chi connectivity index (χ0n) is 9.93. The molecule has 0 aromatic carbocycles. The van der Waals surface area contributed by atoms with Gasteiger partial charge in [-0.1, -0.05) is 6.92 Å². The molecule has 0 aliphatic carbocycles. The van der Waals surface area contributed by atoms with Gasteiger partial charge >= 0.3 is 0 Å². The minimum absolute atomic E-state index is 0.199. The standard InChI is InChI=1S/C10H22N2O3S/c1-2-16(14,15)10-8-12-5-3-11(4-6-12)7-9-13/h13H,2-10H2,1H3. The Morgan fingerprint density at radius 2 is 1.56 bits per heavy atom. The summed E-state index contributed by atoms with van der Waals surface area (Å²) < 4.78 is 22.7. The number of aliphatic hydroxyl groups is 1. The van der Waals surface area contributed by atoms with Crippen LogP contribution in [0.25, 0.3) is 0 Å². The van der Waals surface area contributed by atoms with Crippen molar-refractivity contribution >= 4 is 9.84 Å². The molecule has 0 saturated carbocycles. The maximum atomic E-state index is 11.3. The van der Waals surface area contributed by atoms with E-state index in [1.54, 1.807) is 6.92 Å². The molecule has 0 atom stereocenters. The first-order chi connectivity index (χ1) is 7.57. The van der Waals surface area contributed by atoms with Gasteiger partial charge in [0.2, 0.25) is 0 Å². The summed E-state index contributed by atoms with van der Waals surface area (Å²) in [7, 11) is -2.84. The number of aliphatic hydroxyl groups excluding tert-OH is 1. The molecule has 0 spiro atoms. The molecule has 1 rings (SSSR count). The highest BCUT2D eigenvalue weighted by atomic mass is 32.2. The molecule has 6 heteroatoms. The van der Waals surface area contributed by atoms with Gasteiger partial charge in [0.05, 0.1) is 12.4 Å². The number of nitrogens with zero attached hydrogens (tertiary/aromatic N) is 2. The molecule has 1 aliphatic heterocycles. The van der Waals surface area contributed by atoms with Crippen molar-refractivity contribution in [3.63, 3.8) is 0 Å². The molecule has 16 heavy (non-hydrogen) atoms. The van der Waals surface area contributed by atoms with Gasteiger partial charge in [0.15, 0.2) is 9.84 Å². The van der Waals surface area contributed by atoms with Gasteiger partial charge in [0.25, 0.3) is 0 Å². The molecule has 1 N–H and O–H groups in total. The summed E-state index contributed by atoms with van der Waals surface area (Å²) in [6.45, 7) is 6.90. The van der Waals surface area contributed by atoms with Crippen LogP contribution in [0.15, 0.2) is 0 Å². The molecule has 0 radical (unpaired) electrons. The Balaban J connectivity index is 2.22. The van der Waals surface area contributed by atoms with Gasteiger partial charge in [-0.05, 0) is 0 Å². The molecule has 0 aromatic heterocycles. The van der Waals surface area contributed by atoms with E-state index in [0.717, 1.165) is 32.7 Å². The lowest BCUT2D eigenvalue weighted by atomic mass is 10.3. The fraction of sp³-hybridized carbons (Fsp3) is 1.00. The van der Waals surface area contributed by atoms with Crippen molar-refractivity contribution in [1.29, 1.82) is 0 Å². The largest absolute Gasteiger partial charge is 0.395 e. The van der Waals surface area contributed by atoms with E-state index in [1.807, 2.05) is 0 Å². The van der Waals surface area contributed by atoms with E-state index >= 15 is 0 Å². The molecule has 0 unspecified atom stereocenters. The van der Waals surface area contributed by atoms with Gasteiger partial charge < -0.3 is 5.11 Å². The van der Waals surface area contributed by atoms with Crippen LogP contribution in [0, 0.1) is 0 Å². The predicted octanol–water partition coefficient (Wildman–Crippen LogP) is -0.969. The Morgan fingerprint density at radius 3 is 2.00 bits per heavy atom. The molecule has 5 nitrogen and oxygen atoms in total. The summed E-state index contributed by atoms with van der Waals surface area (Å²) in [5.41, 5.74) is 0. The van der Waals surface area contributed by atoms with Gasteiger partial charge in [0, 0.05) is 45.0 Å². The monoisotopic (exact) mass is 250 g/mol. The fourth-order valence-corrected chi connectivity index (χ4v) is 2.62. The van der Waals surface area contributed by atoms with Crippen LogP contribution in [0.2, 0.25) is 0 Å². The van der Waals surface area contributed by atoms with Gasteiger partial charge in [-0.3, -0.25) is 9.80 Å². The van der Waals surface area contributed by atoms with Crippen molar-refractivity contribution in [3.8, 4) is 0 Å². The van der Waals surface area contributed by atoms with Crippen LogP contribution in [0.5, 0.6) is 0 Å². The van der Waals surface area contributed by atoms with E-state index in [1.165, 1.54) is 0 Å². The molecular formula is C10H22N2O3S. The van der Waals surface area contributed by atoms with Crippen LogP contribution in [-0.2, 0) is 9.84 Å². The van der Waals surface area contributed by atoms with Crippen molar-refractivity contribution < 1.29 is 13.5 Å². The van der Waals surface area contributed by atoms with Crippen molar-refractivity contribution in [1.82, 2.24) is 9.80 Å². The van der Waals surface area contributed by atoms with Gasteiger partial charge in [-0.25, -0.2) is 8.42 Å². The summed E-state index contributed by atoms with van der Waals surface area (Å²) in [4.78, 5) is 4.38. The predicted molar refractivity (Wildman–Crippen MR) is 64.3 cm³/mol. The lowest BCUT2D eigenvalue weighted by Crippen LogP contribution is -2.48. The Bertz CT molecular complexity index is 284. The molecular weight excluding hydrogens is 228 g/mol. The minimum Gasteiger partial charge on any atom is -0.395 e. The van der Waals surface area contributed by atoms with Crippen molar-refractivity contribution in [2.24, 2.45) is 0 Å². The second-order valence-corrected chi connectivity index (χ2v) is 6.62. The maximum absolute atomic E-state index is 11.3. The smallest absolute Gasteiger partial charge is 0.151 e. The molecule has 0 bridgehead atoms. The third-order valence-electron chi connectivity index (χ3n) is 3.04. The van der Waals surface area contributed by atoms with Crippen LogP contribution >= 0.6 is 0 Å². The van der Waals surface area contributed by atoms with E-state index in [9.17, 15) is 8.42 Å². The lowest BCUT2D eigenvalue weighted by molar-refractivity contribution is 0.116. The summed E-state index contributed by atoms with van der Waals surface area (Å²) in [6, 6.07) is 0. The Kier molecular flexibility index (Phi) is 5.68. The van der Waals surface area contributed by atoms with Crippen LogP contribution in [0.1, 0.15) is 6.92 Å². The van der Waals surface area contributed by atoms with Crippen LogP contribution in [0.3, 0.4) is 0 Å². The molecule has 1 aliphatic rings. The van der Waals surface area contributed by atoms with Gasteiger partial charge in [0.1, 0.15) is 0 Å². The van der Waals surface area contributed by atoms with Crippen molar-refractivity contribution in [2.75, 3.05) is 57.4 Å². The van der Waals surface area contributed by atoms with E-state index in [-0.39, 0.29) is 18.1 Å². The molecule has 1 fully saturated rings. The molecule has 0 amide bonds. The highest BCUT2D eigenvalue weighted by Crippen LogP contribution is 2.02. The number of hydrogen-bond donors (Lipinski definition) is 1. The molecule has 1 saturated heterocycles. The topological polar surface area (TPSA) is 60.9 Å². The normalized spacial score (nSPS) is 20.1. The van der Waals surface area contributed by atoms with E-state index in [2.05, 4.69) is 9.80 Å². The SMILES string of the molecule is CCS(=O)(=O)CCN1CCN(CCO)CC1. The Labute approximate surface area is 98.0 Å². The lowest BCUT2D eigenvalue weighted by Gasteiger charge is -2.34. The first-order valence-electron chi connectivity index (χ1n) is 5.83. The van der Waals surface area contributed by atoms with E-state index in [0.29, 0.717) is 6.54 Å². The Morgan fingerprint density at radius 1 is 1.06 bits per heavy atom. The zero-order chi connectivity index (χ0) is 12.0. The first-order valence-corrected chi connectivity index (χ1v) is 7.65. The minimum atomic E-state index is -2.84. The average Bonchev–Trinajstić information content (AvgIpc) is 2.29. The Hall–Kier alpha value is -0.170. The molecule has 1 heterocycles. The third kappa shape index (κ3) is 4.78. The van der Waals surface area contributed by atoms with Crippen LogP contribution < -0.4 is 0 Å². The number of sulfone groups is 1. The summed E-state index contributed by atoms with van der Waals surface area (Å²) in [6.07, 6.45) is 0. The summed E-state index contributed by atoms with van der Waals surface area (Å²) in [5.74, 6) is 0.501. The number of rotatable bonds is 6. The maximum Gasteiger partial charge on any atom is 0.151 e. The van der Waals surface area contributed by atoms with Crippen LogP contribution in [-0.4, -0.2) is 80.7 Å². The van der Waals surface area contributed by atoms with Gasteiger partial charge in [-0.2, -0.15) is 0 Å². The number of β-amino-alcohol motifs (C(OH)–C–C–N with tert-alkyl or cyclic N) is 1. The zero-order valence-corrected chi connectivity index (χ0v) is 10.7. The second kappa shape index (κ2) is 6.54. The third-order valence-corrected chi connectivity index (χ3v) is 4.72. The van der Waals surface area contributed by atoms with E-state index < -0.39 is 9.84 Å². The highest BCUT2D eigenvalue weighted by Gasteiger charge is 2.17. The highest BCUT2D eigenvalue weighted by molar-refractivity contribution is 7.91. The number of piperazine rings is 1. The fourth-order valence-electron chi connectivity index (χ4n) is 1.79. The van der Waals surface area contributed by atoms with Gasteiger partial charge in [-0.15, -0.1) is 0 Å². The molecule has 0 aromatic rings. The first kappa shape index (κ1) is 13.9. The second-order valence-electron chi connectivity index (χ2n) is 4.14. The van der Waals surface area contributed by atoms with Crippen LogP contribution in [0.4, 0.5) is 0 Å². The quantitative estimate of drug-likeness (QED) is 0.657. The number of hydrogen-bond acceptors (Lipinski definition) is 5. The molecule has 96 valence electrons. The van der Waals surface area contributed by atoms with E-state index in [4.69, 9.17) is 5.11 Å². The van der Waals surface area contributed by atoms with Crippen molar-refractivity contribution in [3.05, 3.63) is 0 Å². The van der Waals surface area contributed by atoms with Crippen molar-refractivity contribution in [2.45, 2.75) is 6.92 Å². The summed E-state index contributed by atoms with van der Waals surface area (Å²) >= 11 is 0.